The third-order valence-electron chi connectivity index (χ3n) is 2.56. The molecule has 1 aromatic rings. The average Bonchev–Trinajstić information content (AvgIpc) is 2.63. The van der Waals surface area contributed by atoms with Crippen LogP contribution in [0.3, 0.4) is 0 Å². The van der Waals surface area contributed by atoms with Crippen LogP contribution in [-0.4, -0.2) is 29.9 Å². The van der Waals surface area contributed by atoms with Crippen molar-refractivity contribution in [3.63, 3.8) is 0 Å². The summed E-state index contributed by atoms with van der Waals surface area (Å²) in [5.74, 6) is 0.0187. The summed E-state index contributed by atoms with van der Waals surface area (Å²) in [6.45, 7) is 1.44. The second-order valence-electron chi connectivity index (χ2n) is 3.75. The Kier molecular flexibility index (Phi) is 3.29. The number of nitrogens with two attached hydrogens (primary N) is 1. The molecule has 1 aromatic heterocycles. The smallest absolute Gasteiger partial charge is 0.265 e. The van der Waals surface area contributed by atoms with Gasteiger partial charge in [0.15, 0.2) is 0 Å². The summed E-state index contributed by atoms with van der Waals surface area (Å²) in [6.07, 6.45) is 1.98. The summed E-state index contributed by atoms with van der Waals surface area (Å²) >= 11 is 7.31. The second kappa shape index (κ2) is 4.51. The van der Waals surface area contributed by atoms with E-state index in [4.69, 9.17) is 17.3 Å². The zero-order valence-corrected chi connectivity index (χ0v) is 9.85. The molecular weight excluding hydrogens is 232 g/mol. The first kappa shape index (κ1) is 10.9. The van der Waals surface area contributed by atoms with Gasteiger partial charge < -0.3 is 10.6 Å². The Morgan fingerprint density at radius 3 is 3.07 bits per heavy atom. The van der Waals surface area contributed by atoms with E-state index in [0.717, 1.165) is 19.4 Å². The van der Waals surface area contributed by atoms with Crippen LogP contribution >= 0.6 is 22.9 Å². The molecule has 0 spiro atoms. The van der Waals surface area contributed by atoms with Gasteiger partial charge in [-0.1, -0.05) is 11.6 Å². The molecule has 0 aliphatic carbocycles. The van der Waals surface area contributed by atoms with E-state index in [0.29, 0.717) is 16.4 Å². The minimum absolute atomic E-state index is 0.0187. The van der Waals surface area contributed by atoms with E-state index in [9.17, 15) is 4.79 Å². The molecule has 1 aliphatic rings. The summed E-state index contributed by atoms with van der Waals surface area (Å²) in [5.41, 5.74) is 5.83. The number of thiophene rings is 1. The van der Waals surface area contributed by atoms with E-state index < -0.39 is 0 Å². The van der Waals surface area contributed by atoms with Crippen LogP contribution in [0, 0.1) is 0 Å². The number of carbonyl (C=O) groups excluding carboxylic acids is 1. The average molecular weight is 245 g/mol. The zero-order valence-electron chi connectivity index (χ0n) is 8.28. The molecule has 1 fully saturated rings. The van der Waals surface area contributed by atoms with Crippen molar-refractivity contribution in [3.05, 3.63) is 21.3 Å². The Morgan fingerprint density at radius 2 is 2.47 bits per heavy atom. The molecule has 0 aromatic carbocycles. The Labute approximate surface area is 97.8 Å². The van der Waals surface area contributed by atoms with Crippen LogP contribution < -0.4 is 5.73 Å². The van der Waals surface area contributed by atoms with Crippen molar-refractivity contribution in [2.45, 2.75) is 18.9 Å². The fourth-order valence-electron chi connectivity index (χ4n) is 1.78. The van der Waals surface area contributed by atoms with Gasteiger partial charge in [0, 0.05) is 19.1 Å². The molecule has 2 heterocycles. The lowest BCUT2D eigenvalue weighted by Crippen LogP contribution is -2.45. The van der Waals surface area contributed by atoms with Crippen LogP contribution in [0.2, 0.25) is 5.02 Å². The molecule has 0 radical (unpaired) electrons. The Hall–Kier alpha value is -0.580. The highest BCUT2D eigenvalue weighted by atomic mass is 35.5. The van der Waals surface area contributed by atoms with Gasteiger partial charge >= 0.3 is 0 Å². The molecule has 2 N–H and O–H groups in total. The SMILES string of the molecule is NC1CCCN(C(=O)c2sccc2Cl)C1. The number of nitrogens with zero attached hydrogens (tertiary/aromatic N) is 1. The van der Waals surface area contributed by atoms with Gasteiger partial charge in [-0.25, -0.2) is 0 Å². The van der Waals surface area contributed by atoms with E-state index in [1.165, 1.54) is 11.3 Å². The first-order chi connectivity index (χ1) is 7.18. The third-order valence-corrected chi connectivity index (χ3v) is 3.89. The highest BCUT2D eigenvalue weighted by Crippen LogP contribution is 2.24. The molecule has 15 heavy (non-hydrogen) atoms. The highest BCUT2D eigenvalue weighted by Gasteiger charge is 2.24. The minimum atomic E-state index is 0.0187. The van der Waals surface area contributed by atoms with Gasteiger partial charge in [-0.15, -0.1) is 11.3 Å². The Morgan fingerprint density at radius 1 is 1.67 bits per heavy atom. The van der Waals surface area contributed by atoms with Gasteiger partial charge in [0.25, 0.3) is 5.91 Å². The first-order valence-corrected chi connectivity index (χ1v) is 6.22. The minimum Gasteiger partial charge on any atom is -0.336 e. The number of likely N-dealkylation sites (tertiary alicyclic amines) is 1. The van der Waals surface area contributed by atoms with Crippen molar-refractivity contribution >= 4 is 28.8 Å². The highest BCUT2D eigenvalue weighted by molar-refractivity contribution is 7.12. The zero-order chi connectivity index (χ0) is 10.8. The molecular formula is C10H13ClN2OS. The topological polar surface area (TPSA) is 46.3 Å². The normalized spacial score (nSPS) is 21.7. The Bertz CT molecular complexity index is 366. The third kappa shape index (κ3) is 2.33. The molecule has 1 saturated heterocycles. The van der Waals surface area contributed by atoms with Crippen molar-refractivity contribution in [1.82, 2.24) is 4.90 Å². The largest absolute Gasteiger partial charge is 0.336 e. The van der Waals surface area contributed by atoms with Gasteiger partial charge in [0.05, 0.1) is 5.02 Å². The molecule has 1 atom stereocenters. The lowest BCUT2D eigenvalue weighted by Gasteiger charge is -2.30. The van der Waals surface area contributed by atoms with E-state index >= 15 is 0 Å². The van der Waals surface area contributed by atoms with Crippen molar-refractivity contribution in [3.8, 4) is 0 Å². The number of halogens is 1. The van der Waals surface area contributed by atoms with Crippen LogP contribution in [0.1, 0.15) is 22.5 Å². The van der Waals surface area contributed by atoms with Crippen molar-refractivity contribution in [2.24, 2.45) is 5.73 Å². The van der Waals surface area contributed by atoms with Gasteiger partial charge in [-0.3, -0.25) is 4.79 Å². The molecule has 2 rings (SSSR count). The standard InChI is InChI=1S/C10H13ClN2OS/c11-8-3-5-15-9(8)10(14)13-4-1-2-7(12)6-13/h3,5,7H,1-2,4,6,12H2. The predicted octanol–water partition coefficient (Wildman–Crippen LogP) is 1.96. The van der Waals surface area contributed by atoms with Gasteiger partial charge in [-0.2, -0.15) is 0 Å². The maximum atomic E-state index is 12.0. The number of hydrogen-bond acceptors (Lipinski definition) is 3. The molecule has 82 valence electrons. The summed E-state index contributed by atoms with van der Waals surface area (Å²) in [7, 11) is 0. The maximum Gasteiger partial charge on any atom is 0.265 e. The fraction of sp³-hybridized carbons (Fsp3) is 0.500. The quantitative estimate of drug-likeness (QED) is 0.821. The molecule has 1 aliphatic heterocycles. The number of hydrogen-bond donors (Lipinski definition) is 1. The molecule has 3 nitrogen and oxygen atoms in total. The van der Waals surface area contributed by atoms with E-state index in [1.54, 1.807) is 11.0 Å². The molecule has 1 unspecified atom stereocenters. The van der Waals surface area contributed by atoms with Crippen LogP contribution in [0.4, 0.5) is 0 Å². The van der Waals surface area contributed by atoms with Crippen molar-refractivity contribution in [1.29, 1.82) is 0 Å². The summed E-state index contributed by atoms with van der Waals surface area (Å²) in [4.78, 5) is 14.5. The number of amides is 1. The second-order valence-corrected chi connectivity index (χ2v) is 5.07. The lowest BCUT2D eigenvalue weighted by molar-refractivity contribution is 0.0714. The van der Waals surface area contributed by atoms with Gasteiger partial charge in [0.1, 0.15) is 4.88 Å². The summed E-state index contributed by atoms with van der Waals surface area (Å²) in [5, 5.41) is 2.38. The monoisotopic (exact) mass is 244 g/mol. The number of rotatable bonds is 1. The van der Waals surface area contributed by atoms with E-state index in [1.807, 2.05) is 5.38 Å². The van der Waals surface area contributed by atoms with Crippen molar-refractivity contribution in [2.75, 3.05) is 13.1 Å². The van der Waals surface area contributed by atoms with Crippen molar-refractivity contribution < 1.29 is 4.79 Å². The van der Waals surface area contributed by atoms with Crippen LogP contribution in [0.5, 0.6) is 0 Å². The number of piperidine rings is 1. The first-order valence-electron chi connectivity index (χ1n) is 4.96. The Balaban J connectivity index is 2.11. The number of carbonyl (C=O) groups is 1. The van der Waals surface area contributed by atoms with Crippen LogP contribution in [0.25, 0.3) is 0 Å². The van der Waals surface area contributed by atoms with Crippen LogP contribution in [0.15, 0.2) is 11.4 Å². The fourth-order valence-corrected chi connectivity index (χ4v) is 2.89. The molecule has 1 amide bonds. The van der Waals surface area contributed by atoms with E-state index in [-0.39, 0.29) is 11.9 Å². The lowest BCUT2D eigenvalue weighted by atomic mass is 10.1. The van der Waals surface area contributed by atoms with Gasteiger partial charge in [-0.05, 0) is 24.3 Å². The van der Waals surface area contributed by atoms with Gasteiger partial charge in [0.2, 0.25) is 0 Å². The predicted molar refractivity (Wildman–Crippen MR) is 62.4 cm³/mol. The van der Waals surface area contributed by atoms with Crippen LogP contribution in [-0.2, 0) is 0 Å². The molecule has 0 saturated carbocycles. The van der Waals surface area contributed by atoms with E-state index in [2.05, 4.69) is 0 Å². The summed E-state index contributed by atoms with van der Waals surface area (Å²) in [6, 6.07) is 1.87. The summed E-state index contributed by atoms with van der Waals surface area (Å²) < 4.78 is 0. The molecule has 0 bridgehead atoms. The maximum absolute atomic E-state index is 12.0. The molecule has 5 heteroatoms.